The summed E-state index contributed by atoms with van der Waals surface area (Å²) in [6.45, 7) is 0.330. The lowest BCUT2D eigenvalue weighted by molar-refractivity contribution is 0.100. The minimum Gasteiger partial charge on any atom is -0.380 e. The minimum atomic E-state index is -3.37. The maximum atomic E-state index is 11.8. The smallest absolute Gasteiger partial charge is 0.252 e. The Kier molecular flexibility index (Phi) is 5.65. The molecule has 0 atom stereocenters. The first-order chi connectivity index (χ1) is 11.2. The number of amides is 1. The third-order valence-electron chi connectivity index (χ3n) is 3.43. The Labute approximate surface area is 154 Å². The average Bonchev–Trinajstić information content (AvgIpc) is 2.51. The van der Waals surface area contributed by atoms with Gasteiger partial charge in [-0.1, -0.05) is 18.2 Å². The molecule has 3 N–H and O–H groups in total. The fraction of sp³-hybridized carbons (Fsp3) is 0.200. The Morgan fingerprint density at radius 2 is 2.04 bits per heavy atom. The number of nitrogens with two attached hydrogens (primary N) is 1. The number of anilines is 2. The van der Waals surface area contributed by atoms with Crippen molar-refractivity contribution in [2.45, 2.75) is 6.54 Å². The van der Waals surface area contributed by atoms with E-state index in [1.165, 1.54) is 17.5 Å². The largest absolute Gasteiger partial charge is 0.380 e. The van der Waals surface area contributed by atoms with Crippen LogP contribution in [0.2, 0.25) is 0 Å². The van der Waals surface area contributed by atoms with E-state index in [2.05, 4.69) is 10.3 Å². The molecule has 0 saturated heterocycles. The molecule has 1 aromatic carbocycles. The highest BCUT2D eigenvalue weighted by Crippen LogP contribution is 2.24. The van der Waals surface area contributed by atoms with Crippen LogP contribution in [-0.2, 0) is 16.6 Å². The van der Waals surface area contributed by atoms with E-state index in [0.717, 1.165) is 11.8 Å². The molecule has 2 rings (SSSR count). The van der Waals surface area contributed by atoms with Crippen molar-refractivity contribution in [3.8, 4) is 0 Å². The van der Waals surface area contributed by atoms with Crippen molar-refractivity contribution in [3.05, 3.63) is 51.4 Å². The summed E-state index contributed by atoms with van der Waals surface area (Å²) in [7, 11) is -1.87. The van der Waals surface area contributed by atoms with Crippen LogP contribution in [-0.4, -0.2) is 32.6 Å². The predicted molar refractivity (Wildman–Crippen MR) is 102 cm³/mol. The Balaban J connectivity index is 2.31. The Hall–Kier alpha value is -1.88. The fourth-order valence-electron chi connectivity index (χ4n) is 2.11. The van der Waals surface area contributed by atoms with E-state index in [-0.39, 0.29) is 5.56 Å². The lowest BCUT2D eigenvalue weighted by atomic mass is 10.1. The molecule has 7 nitrogen and oxygen atoms in total. The third-order valence-corrected chi connectivity index (χ3v) is 5.22. The average molecular weight is 460 g/mol. The van der Waals surface area contributed by atoms with Gasteiger partial charge in [0.15, 0.2) is 0 Å². The number of benzene rings is 1. The van der Waals surface area contributed by atoms with Crippen molar-refractivity contribution in [1.82, 2.24) is 4.98 Å². The molecule has 0 spiro atoms. The van der Waals surface area contributed by atoms with Crippen LogP contribution in [0.25, 0.3) is 0 Å². The zero-order valence-electron chi connectivity index (χ0n) is 13.2. The van der Waals surface area contributed by atoms with E-state index >= 15 is 0 Å². The SMILES string of the molecule is CN(c1ccccc1CNc1cc(I)ncc1C(N)=O)S(C)(=O)=O. The molecule has 0 aliphatic heterocycles. The minimum absolute atomic E-state index is 0.282. The zero-order valence-corrected chi connectivity index (χ0v) is 16.1. The van der Waals surface area contributed by atoms with Gasteiger partial charge >= 0.3 is 0 Å². The number of rotatable bonds is 6. The quantitative estimate of drug-likeness (QED) is 0.505. The number of nitrogens with one attached hydrogen (secondary N) is 1. The molecule has 9 heteroatoms. The number of aromatic nitrogens is 1. The number of nitrogens with zero attached hydrogens (tertiary/aromatic N) is 2. The van der Waals surface area contributed by atoms with E-state index in [0.29, 0.717) is 21.6 Å². The number of primary amides is 1. The van der Waals surface area contributed by atoms with E-state index in [4.69, 9.17) is 5.73 Å². The Bertz CT molecular complexity index is 871. The van der Waals surface area contributed by atoms with Gasteiger partial charge in [-0.25, -0.2) is 13.4 Å². The zero-order chi connectivity index (χ0) is 17.9. The number of sulfonamides is 1. The summed E-state index contributed by atoms with van der Waals surface area (Å²) >= 11 is 2.04. The van der Waals surface area contributed by atoms with E-state index in [9.17, 15) is 13.2 Å². The summed E-state index contributed by atoms with van der Waals surface area (Å²) in [5.41, 5.74) is 7.53. The van der Waals surface area contributed by atoms with Crippen LogP contribution in [0, 0.1) is 3.70 Å². The monoisotopic (exact) mass is 460 g/mol. The van der Waals surface area contributed by atoms with Gasteiger partial charge in [0.05, 0.1) is 23.2 Å². The highest BCUT2D eigenvalue weighted by molar-refractivity contribution is 14.1. The summed E-state index contributed by atoms with van der Waals surface area (Å²) in [6.07, 6.45) is 2.56. The van der Waals surface area contributed by atoms with Crippen molar-refractivity contribution in [2.24, 2.45) is 5.73 Å². The van der Waals surface area contributed by atoms with Crippen LogP contribution in [0.1, 0.15) is 15.9 Å². The lowest BCUT2D eigenvalue weighted by Crippen LogP contribution is -2.26. The van der Waals surface area contributed by atoms with Crippen LogP contribution in [0.4, 0.5) is 11.4 Å². The first-order valence-corrected chi connectivity index (χ1v) is 9.84. The summed E-state index contributed by atoms with van der Waals surface area (Å²) in [6, 6.07) is 8.85. The van der Waals surface area contributed by atoms with Crippen LogP contribution in [0.5, 0.6) is 0 Å². The standard InChI is InChI=1S/C15H17IN4O3S/c1-20(24(2,22)23)13-6-4-3-5-10(13)8-18-12-7-14(16)19-9-11(12)15(17)21/h3-7,9H,8H2,1-2H3,(H2,17,21)(H,18,19). The number of para-hydroxylation sites is 1. The van der Waals surface area contributed by atoms with Gasteiger partial charge in [-0.3, -0.25) is 9.10 Å². The molecule has 2 aromatic rings. The van der Waals surface area contributed by atoms with Crippen molar-refractivity contribution in [2.75, 3.05) is 22.9 Å². The summed E-state index contributed by atoms with van der Waals surface area (Å²) < 4.78 is 25.5. The molecule has 1 aromatic heterocycles. The molecular weight excluding hydrogens is 443 g/mol. The van der Waals surface area contributed by atoms with Gasteiger partial charge in [-0.2, -0.15) is 0 Å². The molecule has 0 radical (unpaired) electrons. The topological polar surface area (TPSA) is 105 Å². The van der Waals surface area contributed by atoms with Gasteiger partial charge in [0.1, 0.15) is 3.70 Å². The van der Waals surface area contributed by atoms with Gasteiger partial charge in [-0.15, -0.1) is 0 Å². The number of hydrogen-bond donors (Lipinski definition) is 2. The first-order valence-electron chi connectivity index (χ1n) is 6.91. The highest BCUT2D eigenvalue weighted by atomic mass is 127. The Morgan fingerprint density at radius 3 is 2.67 bits per heavy atom. The molecule has 0 aliphatic rings. The molecule has 0 aliphatic carbocycles. The molecule has 0 saturated carbocycles. The highest BCUT2D eigenvalue weighted by Gasteiger charge is 2.16. The van der Waals surface area contributed by atoms with E-state index in [1.807, 2.05) is 34.7 Å². The second kappa shape index (κ2) is 7.34. The number of pyridine rings is 1. The predicted octanol–water partition coefficient (Wildman–Crippen LogP) is 1.79. The van der Waals surface area contributed by atoms with Gasteiger partial charge in [0.2, 0.25) is 10.0 Å². The second-order valence-electron chi connectivity index (χ2n) is 5.13. The van der Waals surface area contributed by atoms with Crippen molar-refractivity contribution in [1.29, 1.82) is 0 Å². The van der Waals surface area contributed by atoms with E-state index < -0.39 is 15.9 Å². The molecular formula is C15H17IN4O3S. The molecule has 1 heterocycles. The van der Waals surface area contributed by atoms with Gasteiger partial charge in [0, 0.05) is 19.8 Å². The number of carbonyl (C=O) groups is 1. The normalized spacial score (nSPS) is 11.1. The van der Waals surface area contributed by atoms with Crippen molar-refractivity contribution >= 4 is 49.9 Å². The summed E-state index contributed by atoms with van der Waals surface area (Å²) in [5, 5.41) is 3.13. The maximum Gasteiger partial charge on any atom is 0.252 e. The molecule has 0 unspecified atom stereocenters. The second-order valence-corrected chi connectivity index (χ2v) is 8.25. The first kappa shape index (κ1) is 18.5. The molecule has 24 heavy (non-hydrogen) atoms. The van der Waals surface area contributed by atoms with Gasteiger partial charge in [0.25, 0.3) is 5.91 Å². The number of halogens is 1. The van der Waals surface area contributed by atoms with Crippen LogP contribution in [0.3, 0.4) is 0 Å². The van der Waals surface area contributed by atoms with Crippen LogP contribution in [0.15, 0.2) is 36.5 Å². The van der Waals surface area contributed by atoms with E-state index in [1.54, 1.807) is 18.2 Å². The lowest BCUT2D eigenvalue weighted by Gasteiger charge is -2.21. The molecule has 0 fully saturated rings. The van der Waals surface area contributed by atoms with Gasteiger partial charge in [-0.05, 0) is 40.3 Å². The summed E-state index contributed by atoms with van der Waals surface area (Å²) in [5.74, 6) is -0.581. The summed E-state index contributed by atoms with van der Waals surface area (Å²) in [4.78, 5) is 15.6. The third kappa shape index (κ3) is 4.35. The van der Waals surface area contributed by atoms with Gasteiger partial charge < -0.3 is 11.1 Å². The number of hydrogen-bond acceptors (Lipinski definition) is 5. The number of carbonyl (C=O) groups excluding carboxylic acids is 1. The van der Waals surface area contributed by atoms with Crippen LogP contribution < -0.4 is 15.4 Å². The van der Waals surface area contributed by atoms with Crippen molar-refractivity contribution in [3.63, 3.8) is 0 Å². The molecule has 0 bridgehead atoms. The van der Waals surface area contributed by atoms with Crippen LogP contribution >= 0.6 is 22.6 Å². The Morgan fingerprint density at radius 1 is 1.38 bits per heavy atom. The molecule has 1 amide bonds. The fourth-order valence-corrected chi connectivity index (χ4v) is 3.10. The molecule has 128 valence electrons. The maximum absolute atomic E-state index is 11.8. The van der Waals surface area contributed by atoms with Crippen molar-refractivity contribution < 1.29 is 13.2 Å².